The molecule has 0 aliphatic carbocycles. The average Bonchev–Trinajstić information content (AvgIpc) is 2.73. The number of nitrogens with zero attached hydrogens (tertiary/aromatic N) is 1. The summed E-state index contributed by atoms with van der Waals surface area (Å²) in [5.74, 6) is 0.281. The highest BCUT2D eigenvalue weighted by atomic mass is 35.5. The first-order valence-electron chi connectivity index (χ1n) is 4.98. The second-order valence-corrected chi connectivity index (χ2v) is 4.04. The first kappa shape index (κ1) is 11.2. The fourth-order valence-corrected chi connectivity index (χ4v) is 1.81. The molecule has 1 saturated heterocycles. The summed E-state index contributed by atoms with van der Waals surface area (Å²) >= 11 is 5.71. The van der Waals surface area contributed by atoms with Crippen molar-refractivity contribution in [1.82, 2.24) is 5.32 Å². The lowest BCUT2D eigenvalue weighted by Crippen LogP contribution is -2.20. The molecule has 0 aromatic heterocycles. The van der Waals surface area contributed by atoms with E-state index in [1.807, 2.05) is 0 Å². The molecular formula is C10H11ClN2O3. The van der Waals surface area contributed by atoms with Crippen LogP contribution < -0.4 is 10.1 Å². The average molecular weight is 243 g/mol. The van der Waals surface area contributed by atoms with E-state index in [-0.39, 0.29) is 17.5 Å². The molecule has 1 aromatic carbocycles. The van der Waals surface area contributed by atoms with Crippen LogP contribution in [0.2, 0.25) is 5.02 Å². The molecule has 86 valence electrons. The summed E-state index contributed by atoms with van der Waals surface area (Å²) in [6, 6.07) is 4.43. The van der Waals surface area contributed by atoms with Gasteiger partial charge in [-0.1, -0.05) is 11.6 Å². The van der Waals surface area contributed by atoms with Crippen LogP contribution in [0.1, 0.15) is 6.42 Å². The first-order valence-corrected chi connectivity index (χ1v) is 5.36. The topological polar surface area (TPSA) is 64.4 Å². The van der Waals surface area contributed by atoms with Gasteiger partial charge in [-0.2, -0.15) is 0 Å². The molecule has 1 aliphatic heterocycles. The zero-order valence-corrected chi connectivity index (χ0v) is 9.24. The minimum absolute atomic E-state index is 0.000115. The summed E-state index contributed by atoms with van der Waals surface area (Å²) < 4.78 is 5.56. The molecule has 6 heteroatoms. The van der Waals surface area contributed by atoms with Gasteiger partial charge in [-0.3, -0.25) is 10.1 Å². The van der Waals surface area contributed by atoms with E-state index >= 15 is 0 Å². The first-order chi connectivity index (χ1) is 7.66. The fourth-order valence-electron chi connectivity index (χ4n) is 1.64. The van der Waals surface area contributed by atoms with Gasteiger partial charge in [0.2, 0.25) is 0 Å². The second kappa shape index (κ2) is 4.67. The van der Waals surface area contributed by atoms with Gasteiger partial charge in [0.15, 0.2) is 5.75 Å². The number of nitro benzene ring substituents is 1. The monoisotopic (exact) mass is 242 g/mol. The van der Waals surface area contributed by atoms with Crippen LogP contribution in [-0.4, -0.2) is 24.1 Å². The van der Waals surface area contributed by atoms with E-state index in [4.69, 9.17) is 16.3 Å². The van der Waals surface area contributed by atoms with Crippen molar-refractivity contribution in [2.75, 3.05) is 13.1 Å². The van der Waals surface area contributed by atoms with Crippen molar-refractivity contribution in [2.24, 2.45) is 0 Å². The predicted octanol–water partition coefficient (Wildman–Crippen LogP) is 1.99. The maximum absolute atomic E-state index is 10.8. The third-order valence-electron chi connectivity index (χ3n) is 2.43. The molecular weight excluding hydrogens is 232 g/mol. The third-order valence-corrected chi connectivity index (χ3v) is 2.66. The zero-order chi connectivity index (χ0) is 11.5. The molecule has 5 nitrogen and oxygen atoms in total. The Labute approximate surface area is 97.5 Å². The number of hydrogen-bond donors (Lipinski definition) is 1. The van der Waals surface area contributed by atoms with Gasteiger partial charge in [0.25, 0.3) is 0 Å². The van der Waals surface area contributed by atoms with Gasteiger partial charge < -0.3 is 10.1 Å². The largest absolute Gasteiger partial charge is 0.482 e. The summed E-state index contributed by atoms with van der Waals surface area (Å²) in [5.41, 5.74) is -0.0839. The van der Waals surface area contributed by atoms with Crippen molar-refractivity contribution in [1.29, 1.82) is 0 Å². The second-order valence-electron chi connectivity index (χ2n) is 3.60. The Kier molecular flexibility index (Phi) is 3.26. The van der Waals surface area contributed by atoms with Crippen LogP contribution in [0.25, 0.3) is 0 Å². The maximum atomic E-state index is 10.8. The van der Waals surface area contributed by atoms with Gasteiger partial charge in [-0.05, 0) is 25.1 Å². The quantitative estimate of drug-likeness (QED) is 0.650. The molecule has 16 heavy (non-hydrogen) atoms. The molecule has 0 bridgehead atoms. The number of nitro groups is 1. The van der Waals surface area contributed by atoms with Crippen LogP contribution in [0.15, 0.2) is 18.2 Å². The Morgan fingerprint density at radius 1 is 1.56 bits per heavy atom. The molecule has 0 radical (unpaired) electrons. The molecule has 0 spiro atoms. The van der Waals surface area contributed by atoms with Gasteiger partial charge in [-0.15, -0.1) is 0 Å². The molecule has 0 unspecified atom stereocenters. The van der Waals surface area contributed by atoms with E-state index in [1.54, 1.807) is 12.1 Å². The van der Waals surface area contributed by atoms with E-state index in [1.165, 1.54) is 6.07 Å². The molecule has 1 fully saturated rings. The van der Waals surface area contributed by atoms with Gasteiger partial charge in [0, 0.05) is 17.6 Å². The molecule has 1 heterocycles. The summed E-state index contributed by atoms with van der Waals surface area (Å²) in [6.07, 6.45) is 0.861. The highest BCUT2D eigenvalue weighted by molar-refractivity contribution is 6.30. The highest BCUT2D eigenvalue weighted by Crippen LogP contribution is 2.31. The Hall–Kier alpha value is -1.33. The van der Waals surface area contributed by atoms with Crippen LogP contribution >= 0.6 is 11.6 Å². The van der Waals surface area contributed by atoms with E-state index in [2.05, 4.69) is 5.32 Å². The minimum atomic E-state index is -0.483. The Balaban J connectivity index is 2.21. The summed E-state index contributed by atoms with van der Waals surface area (Å²) in [7, 11) is 0. The van der Waals surface area contributed by atoms with E-state index < -0.39 is 4.92 Å². The molecule has 0 amide bonds. The van der Waals surface area contributed by atoms with Crippen LogP contribution in [0.3, 0.4) is 0 Å². The molecule has 1 N–H and O–H groups in total. The number of halogens is 1. The van der Waals surface area contributed by atoms with Gasteiger partial charge >= 0.3 is 5.69 Å². The normalized spacial score (nSPS) is 19.7. The Morgan fingerprint density at radius 2 is 2.38 bits per heavy atom. The lowest BCUT2D eigenvalue weighted by molar-refractivity contribution is -0.386. The smallest absolute Gasteiger partial charge is 0.312 e. The summed E-state index contributed by atoms with van der Waals surface area (Å²) in [5, 5.41) is 14.3. The van der Waals surface area contributed by atoms with E-state index in [0.29, 0.717) is 5.02 Å². The zero-order valence-electron chi connectivity index (χ0n) is 8.48. The standard InChI is InChI=1S/C10H11ClN2O3/c11-7-1-2-10(9(5-7)13(14)15)16-8-3-4-12-6-8/h1-2,5,8,12H,3-4,6H2/t8-/m0/s1. The Bertz CT molecular complexity index is 405. The third kappa shape index (κ3) is 2.43. The number of benzene rings is 1. The van der Waals surface area contributed by atoms with E-state index in [9.17, 15) is 10.1 Å². The number of rotatable bonds is 3. The van der Waals surface area contributed by atoms with Crippen LogP contribution in [0, 0.1) is 10.1 Å². The highest BCUT2D eigenvalue weighted by Gasteiger charge is 2.21. The Morgan fingerprint density at radius 3 is 3.00 bits per heavy atom. The van der Waals surface area contributed by atoms with Crippen molar-refractivity contribution in [3.05, 3.63) is 33.3 Å². The van der Waals surface area contributed by atoms with Crippen molar-refractivity contribution >= 4 is 17.3 Å². The molecule has 1 aliphatic rings. The summed E-state index contributed by atoms with van der Waals surface area (Å²) in [6.45, 7) is 1.60. The van der Waals surface area contributed by atoms with Crippen molar-refractivity contribution in [3.8, 4) is 5.75 Å². The number of ether oxygens (including phenoxy) is 1. The van der Waals surface area contributed by atoms with Gasteiger partial charge in [0.1, 0.15) is 6.10 Å². The lowest BCUT2D eigenvalue weighted by atomic mass is 10.2. The molecule has 1 atom stereocenters. The van der Waals surface area contributed by atoms with Crippen molar-refractivity contribution in [3.63, 3.8) is 0 Å². The van der Waals surface area contributed by atoms with Gasteiger partial charge in [0.05, 0.1) is 4.92 Å². The van der Waals surface area contributed by atoms with Crippen molar-refractivity contribution in [2.45, 2.75) is 12.5 Å². The van der Waals surface area contributed by atoms with Crippen LogP contribution in [0.5, 0.6) is 5.75 Å². The molecule has 1 aromatic rings. The number of hydrogen-bond acceptors (Lipinski definition) is 4. The maximum Gasteiger partial charge on any atom is 0.312 e. The van der Waals surface area contributed by atoms with Crippen molar-refractivity contribution < 1.29 is 9.66 Å². The summed E-state index contributed by atoms with van der Waals surface area (Å²) in [4.78, 5) is 10.3. The van der Waals surface area contributed by atoms with Gasteiger partial charge in [-0.25, -0.2) is 0 Å². The molecule has 0 saturated carbocycles. The SMILES string of the molecule is O=[N+]([O-])c1cc(Cl)ccc1O[C@H]1CCNC1. The predicted molar refractivity (Wildman–Crippen MR) is 60.0 cm³/mol. The molecule has 2 rings (SSSR count). The minimum Gasteiger partial charge on any atom is -0.482 e. The van der Waals surface area contributed by atoms with Crippen LogP contribution in [0.4, 0.5) is 5.69 Å². The van der Waals surface area contributed by atoms with Crippen LogP contribution in [-0.2, 0) is 0 Å². The fraction of sp³-hybridized carbons (Fsp3) is 0.400. The van der Waals surface area contributed by atoms with E-state index in [0.717, 1.165) is 19.5 Å². The number of nitrogens with one attached hydrogen (secondary N) is 1. The lowest BCUT2D eigenvalue weighted by Gasteiger charge is -2.12.